The van der Waals surface area contributed by atoms with Gasteiger partial charge in [0.2, 0.25) is 0 Å². The van der Waals surface area contributed by atoms with Crippen molar-refractivity contribution in [2.24, 2.45) is 0 Å². The maximum absolute atomic E-state index is 3.36. The number of hydrogen-bond donors (Lipinski definition) is 1. The maximum atomic E-state index is 3.36. The normalized spacial score (nSPS) is 15.2. The van der Waals surface area contributed by atoms with Gasteiger partial charge in [0.25, 0.3) is 0 Å². The van der Waals surface area contributed by atoms with Gasteiger partial charge in [-0.05, 0) is 31.5 Å². The molecule has 0 aliphatic carbocycles. The van der Waals surface area contributed by atoms with Crippen LogP contribution >= 0.6 is 0 Å². The van der Waals surface area contributed by atoms with Crippen LogP contribution in [0.25, 0.3) is 6.08 Å². The van der Waals surface area contributed by atoms with Gasteiger partial charge in [-0.2, -0.15) is 0 Å². The molecule has 0 aromatic heterocycles. The summed E-state index contributed by atoms with van der Waals surface area (Å²) in [7, 11) is 0. The van der Waals surface area contributed by atoms with Crippen LogP contribution in [0.15, 0.2) is 35.9 Å². The second kappa shape index (κ2) is 7.24. The molecule has 0 radical (unpaired) electrons. The standard InChI is InChI=1S/C12H15N.C2H6/c1-2-4-11(5-3-1)10-12-6-8-13-9-7-12;1-2/h1-5,10,13H,6-9H2;1-2H3. The van der Waals surface area contributed by atoms with E-state index in [4.69, 9.17) is 0 Å². The van der Waals surface area contributed by atoms with E-state index >= 15 is 0 Å². The Labute approximate surface area is 93.2 Å². The molecule has 1 N–H and O–H groups in total. The Bertz CT molecular complexity index is 279. The van der Waals surface area contributed by atoms with Gasteiger partial charge in [0.15, 0.2) is 0 Å². The lowest BCUT2D eigenvalue weighted by atomic mass is 10.0. The topological polar surface area (TPSA) is 12.0 Å². The van der Waals surface area contributed by atoms with Crippen LogP contribution in [0.1, 0.15) is 32.3 Å². The van der Waals surface area contributed by atoms with E-state index in [0.29, 0.717) is 0 Å². The van der Waals surface area contributed by atoms with Crippen LogP contribution in [0.3, 0.4) is 0 Å². The highest BCUT2D eigenvalue weighted by Gasteiger charge is 2.03. The summed E-state index contributed by atoms with van der Waals surface area (Å²) >= 11 is 0. The molecule has 1 heteroatoms. The molecule has 0 atom stereocenters. The zero-order valence-corrected chi connectivity index (χ0v) is 9.79. The summed E-state index contributed by atoms with van der Waals surface area (Å²) in [4.78, 5) is 0. The zero-order valence-electron chi connectivity index (χ0n) is 9.79. The molecule has 0 spiro atoms. The SMILES string of the molecule is C(=C1CCNCC1)c1ccccc1.CC. The first-order valence-corrected chi connectivity index (χ1v) is 5.90. The Morgan fingerprint density at radius 3 is 2.20 bits per heavy atom. The van der Waals surface area contributed by atoms with Gasteiger partial charge >= 0.3 is 0 Å². The second-order valence-corrected chi connectivity index (χ2v) is 3.46. The summed E-state index contributed by atoms with van der Waals surface area (Å²) in [5.41, 5.74) is 2.91. The van der Waals surface area contributed by atoms with Crippen molar-refractivity contribution >= 4 is 6.08 Å². The summed E-state index contributed by atoms with van der Waals surface area (Å²) in [6.45, 7) is 6.28. The van der Waals surface area contributed by atoms with E-state index < -0.39 is 0 Å². The summed E-state index contributed by atoms with van der Waals surface area (Å²) in [5.74, 6) is 0. The van der Waals surface area contributed by atoms with E-state index in [2.05, 4.69) is 41.7 Å². The van der Waals surface area contributed by atoms with Crippen LogP contribution in [-0.2, 0) is 0 Å². The average molecular weight is 203 g/mol. The summed E-state index contributed by atoms with van der Waals surface area (Å²) in [6, 6.07) is 10.6. The molecule has 2 rings (SSSR count). The fraction of sp³-hybridized carbons (Fsp3) is 0.429. The Balaban J connectivity index is 0.000000531. The Kier molecular flexibility index (Phi) is 5.79. The van der Waals surface area contributed by atoms with Gasteiger partial charge in [0, 0.05) is 0 Å². The van der Waals surface area contributed by atoms with Gasteiger partial charge in [0.1, 0.15) is 0 Å². The monoisotopic (exact) mass is 203 g/mol. The van der Waals surface area contributed by atoms with E-state index in [9.17, 15) is 0 Å². The molecular weight excluding hydrogens is 182 g/mol. The molecule has 0 amide bonds. The Hall–Kier alpha value is -1.08. The van der Waals surface area contributed by atoms with Gasteiger partial charge in [-0.1, -0.05) is 55.8 Å². The molecule has 1 fully saturated rings. The third kappa shape index (κ3) is 4.30. The maximum Gasteiger partial charge on any atom is -0.00113 e. The van der Waals surface area contributed by atoms with E-state index in [1.54, 1.807) is 5.57 Å². The highest BCUT2D eigenvalue weighted by atomic mass is 14.9. The molecule has 1 aliphatic heterocycles. The number of rotatable bonds is 1. The predicted molar refractivity (Wildman–Crippen MR) is 67.9 cm³/mol. The average Bonchev–Trinajstić information content (AvgIpc) is 2.34. The third-order valence-corrected chi connectivity index (χ3v) is 2.42. The first-order chi connectivity index (χ1) is 7.45. The quantitative estimate of drug-likeness (QED) is 0.737. The van der Waals surface area contributed by atoms with E-state index in [1.165, 1.54) is 18.4 Å². The minimum atomic E-state index is 1.14. The van der Waals surface area contributed by atoms with Crippen molar-refractivity contribution in [2.75, 3.05) is 13.1 Å². The van der Waals surface area contributed by atoms with Gasteiger partial charge in [-0.3, -0.25) is 0 Å². The summed E-state index contributed by atoms with van der Waals surface area (Å²) < 4.78 is 0. The fourth-order valence-corrected chi connectivity index (χ4v) is 1.68. The molecule has 1 aliphatic rings. The Morgan fingerprint density at radius 1 is 1.00 bits per heavy atom. The highest BCUT2D eigenvalue weighted by Crippen LogP contribution is 2.14. The number of benzene rings is 1. The van der Waals surface area contributed by atoms with Gasteiger partial charge in [-0.25, -0.2) is 0 Å². The van der Waals surface area contributed by atoms with Crippen molar-refractivity contribution in [1.29, 1.82) is 0 Å². The minimum absolute atomic E-state index is 1.14. The number of piperidine rings is 1. The first kappa shape index (κ1) is 12.0. The first-order valence-electron chi connectivity index (χ1n) is 5.90. The Morgan fingerprint density at radius 2 is 1.60 bits per heavy atom. The second-order valence-electron chi connectivity index (χ2n) is 3.46. The van der Waals surface area contributed by atoms with E-state index in [-0.39, 0.29) is 0 Å². The molecule has 1 aromatic carbocycles. The van der Waals surface area contributed by atoms with Crippen LogP contribution in [0, 0.1) is 0 Å². The molecule has 15 heavy (non-hydrogen) atoms. The molecule has 0 unspecified atom stereocenters. The lowest BCUT2D eigenvalue weighted by Crippen LogP contribution is -2.22. The van der Waals surface area contributed by atoms with Crippen LogP contribution < -0.4 is 5.32 Å². The molecular formula is C14H21N. The van der Waals surface area contributed by atoms with Crippen molar-refractivity contribution in [3.8, 4) is 0 Å². The van der Waals surface area contributed by atoms with Gasteiger partial charge < -0.3 is 5.32 Å². The molecule has 0 bridgehead atoms. The predicted octanol–water partition coefficient (Wildman–Crippen LogP) is 3.48. The summed E-state index contributed by atoms with van der Waals surface area (Å²) in [5, 5.41) is 3.36. The van der Waals surface area contributed by atoms with Gasteiger partial charge in [0.05, 0.1) is 0 Å². The van der Waals surface area contributed by atoms with Crippen molar-refractivity contribution in [3.63, 3.8) is 0 Å². The lowest BCUT2D eigenvalue weighted by Gasteiger charge is -2.14. The van der Waals surface area contributed by atoms with Crippen molar-refractivity contribution in [3.05, 3.63) is 41.5 Å². The smallest absolute Gasteiger partial charge is 0.00113 e. The fourth-order valence-electron chi connectivity index (χ4n) is 1.68. The third-order valence-electron chi connectivity index (χ3n) is 2.42. The molecule has 1 heterocycles. The van der Waals surface area contributed by atoms with Gasteiger partial charge in [-0.15, -0.1) is 0 Å². The molecule has 82 valence electrons. The van der Waals surface area contributed by atoms with Crippen LogP contribution in [0.2, 0.25) is 0 Å². The molecule has 1 aromatic rings. The molecule has 0 saturated carbocycles. The van der Waals surface area contributed by atoms with Crippen molar-refractivity contribution in [1.82, 2.24) is 5.32 Å². The van der Waals surface area contributed by atoms with E-state index in [1.807, 2.05) is 13.8 Å². The van der Waals surface area contributed by atoms with Crippen LogP contribution in [-0.4, -0.2) is 13.1 Å². The number of nitrogens with one attached hydrogen (secondary N) is 1. The molecule has 1 saturated heterocycles. The summed E-state index contributed by atoms with van der Waals surface area (Å²) in [6.07, 6.45) is 4.73. The highest BCUT2D eigenvalue weighted by molar-refractivity contribution is 5.52. The lowest BCUT2D eigenvalue weighted by molar-refractivity contribution is 0.613. The van der Waals surface area contributed by atoms with Crippen LogP contribution in [0.4, 0.5) is 0 Å². The van der Waals surface area contributed by atoms with Crippen LogP contribution in [0.5, 0.6) is 0 Å². The minimum Gasteiger partial charge on any atom is -0.316 e. The number of hydrogen-bond acceptors (Lipinski definition) is 1. The van der Waals surface area contributed by atoms with E-state index in [0.717, 1.165) is 13.1 Å². The van der Waals surface area contributed by atoms with Crippen molar-refractivity contribution < 1.29 is 0 Å². The van der Waals surface area contributed by atoms with Crippen molar-refractivity contribution in [2.45, 2.75) is 26.7 Å². The largest absolute Gasteiger partial charge is 0.316 e. The molecule has 1 nitrogen and oxygen atoms in total. The zero-order chi connectivity index (χ0) is 10.9.